The highest BCUT2D eigenvalue weighted by Gasteiger charge is 2.35. The van der Waals surface area contributed by atoms with Crippen LogP contribution in [0.15, 0.2) is 77.8 Å². The van der Waals surface area contributed by atoms with Crippen molar-refractivity contribution in [3.63, 3.8) is 0 Å². The Morgan fingerprint density at radius 3 is 2.53 bits per heavy atom. The molecule has 0 aliphatic heterocycles. The van der Waals surface area contributed by atoms with Crippen LogP contribution < -0.4 is 4.74 Å². The molecule has 4 aromatic heterocycles. The van der Waals surface area contributed by atoms with Crippen molar-refractivity contribution in [3.05, 3.63) is 96.1 Å². The van der Waals surface area contributed by atoms with Crippen molar-refractivity contribution in [3.8, 4) is 28.8 Å². The smallest absolute Gasteiger partial charge is 0.322 e. The molecule has 0 saturated heterocycles. The summed E-state index contributed by atoms with van der Waals surface area (Å²) in [5, 5.41) is 8.30. The Bertz CT molecular complexity index is 1480. The van der Waals surface area contributed by atoms with Crippen LogP contribution in [-0.2, 0) is 12.5 Å². The number of hydrogen-bond acceptors (Lipinski definition) is 7. The van der Waals surface area contributed by atoms with Gasteiger partial charge in [0, 0.05) is 17.8 Å². The molecule has 182 valence electrons. The van der Waals surface area contributed by atoms with E-state index in [-0.39, 0.29) is 18.1 Å². The molecular formula is C24H16F4N6O2. The Morgan fingerprint density at radius 2 is 1.78 bits per heavy atom. The number of hydrogen-bond donors (Lipinski definition) is 0. The van der Waals surface area contributed by atoms with Gasteiger partial charge in [-0.3, -0.25) is 9.67 Å². The van der Waals surface area contributed by atoms with Gasteiger partial charge in [0.2, 0.25) is 5.82 Å². The van der Waals surface area contributed by atoms with E-state index in [9.17, 15) is 17.6 Å². The SMILES string of the molecule is Fc1ccccc1Cn1nc(-c2ncc(F)c(OCC(F)(F)c3ccccn3)n2)cc1-c1ccon1. The fourth-order valence-electron chi connectivity index (χ4n) is 3.37. The third-order valence-electron chi connectivity index (χ3n) is 5.13. The lowest BCUT2D eigenvalue weighted by Crippen LogP contribution is -2.25. The van der Waals surface area contributed by atoms with Crippen LogP contribution in [0.3, 0.4) is 0 Å². The largest absolute Gasteiger partial charge is 0.469 e. The number of rotatable bonds is 8. The van der Waals surface area contributed by atoms with Gasteiger partial charge < -0.3 is 9.26 Å². The van der Waals surface area contributed by atoms with E-state index in [0.29, 0.717) is 17.0 Å². The van der Waals surface area contributed by atoms with E-state index >= 15 is 0 Å². The highest BCUT2D eigenvalue weighted by Crippen LogP contribution is 2.29. The fourth-order valence-corrected chi connectivity index (χ4v) is 3.37. The summed E-state index contributed by atoms with van der Waals surface area (Å²) >= 11 is 0. The molecule has 0 amide bonds. The number of benzene rings is 1. The van der Waals surface area contributed by atoms with Gasteiger partial charge >= 0.3 is 5.92 Å². The third-order valence-corrected chi connectivity index (χ3v) is 5.13. The van der Waals surface area contributed by atoms with Crippen LogP contribution >= 0.6 is 0 Å². The summed E-state index contributed by atoms with van der Waals surface area (Å²) in [6, 6.07) is 13.3. The summed E-state index contributed by atoms with van der Waals surface area (Å²) in [4.78, 5) is 11.5. The Labute approximate surface area is 201 Å². The molecule has 0 aliphatic carbocycles. The minimum atomic E-state index is -3.49. The Hall–Kier alpha value is -4.61. The highest BCUT2D eigenvalue weighted by molar-refractivity contribution is 5.62. The number of aromatic nitrogens is 6. The molecule has 0 saturated carbocycles. The van der Waals surface area contributed by atoms with Gasteiger partial charge in [0.05, 0.1) is 18.4 Å². The second kappa shape index (κ2) is 9.56. The van der Waals surface area contributed by atoms with Gasteiger partial charge in [0.15, 0.2) is 12.4 Å². The average molecular weight is 496 g/mol. The topological polar surface area (TPSA) is 91.8 Å². The molecule has 0 unspecified atom stereocenters. The Balaban J connectivity index is 1.45. The van der Waals surface area contributed by atoms with Gasteiger partial charge in [-0.2, -0.15) is 23.3 Å². The highest BCUT2D eigenvalue weighted by atomic mass is 19.3. The first kappa shape index (κ1) is 23.1. The van der Waals surface area contributed by atoms with E-state index in [2.05, 4.69) is 25.2 Å². The lowest BCUT2D eigenvalue weighted by Gasteiger charge is -2.16. The van der Waals surface area contributed by atoms with Crippen molar-refractivity contribution in [2.24, 2.45) is 0 Å². The number of nitrogens with zero attached hydrogens (tertiary/aromatic N) is 6. The molecule has 0 bridgehead atoms. The first-order valence-corrected chi connectivity index (χ1v) is 10.6. The van der Waals surface area contributed by atoms with Crippen LogP contribution in [0.4, 0.5) is 17.6 Å². The predicted molar refractivity (Wildman–Crippen MR) is 118 cm³/mol. The summed E-state index contributed by atoms with van der Waals surface area (Å²) in [6.45, 7) is -1.15. The molecule has 5 rings (SSSR count). The summed E-state index contributed by atoms with van der Waals surface area (Å²) in [7, 11) is 0. The van der Waals surface area contributed by atoms with Crippen LogP contribution in [-0.4, -0.2) is 36.5 Å². The van der Waals surface area contributed by atoms with Crippen molar-refractivity contribution in [2.75, 3.05) is 6.61 Å². The van der Waals surface area contributed by atoms with E-state index in [1.54, 1.807) is 24.3 Å². The average Bonchev–Trinajstić information content (AvgIpc) is 3.56. The van der Waals surface area contributed by atoms with Gasteiger partial charge in [-0.05, 0) is 24.3 Å². The van der Waals surface area contributed by atoms with E-state index in [4.69, 9.17) is 9.26 Å². The zero-order chi connectivity index (χ0) is 25.1. The molecule has 36 heavy (non-hydrogen) atoms. The molecule has 0 radical (unpaired) electrons. The van der Waals surface area contributed by atoms with E-state index < -0.39 is 35.7 Å². The standard InChI is InChI=1S/C24H16F4N6O2/c25-16-6-2-1-5-15(16)13-34-20(18-8-10-36-33-18)11-19(32-34)22-30-12-17(26)23(31-22)35-14-24(27,28)21-7-3-4-9-29-21/h1-12H,13-14H2. The third kappa shape index (κ3) is 4.78. The number of halogens is 4. The summed E-state index contributed by atoms with van der Waals surface area (Å²) in [5.41, 5.74) is 0.838. The quantitative estimate of drug-likeness (QED) is 0.283. The fraction of sp³-hybridized carbons (Fsp3) is 0.125. The molecule has 12 heteroatoms. The van der Waals surface area contributed by atoms with Gasteiger partial charge in [-0.15, -0.1) is 0 Å². The van der Waals surface area contributed by atoms with Crippen LogP contribution in [0.25, 0.3) is 22.9 Å². The molecule has 0 atom stereocenters. The number of ether oxygens (including phenoxy) is 1. The lowest BCUT2D eigenvalue weighted by molar-refractivity contribution is -0.0524. The maximum absolute atomic E-state index is 14.4. The normalized spacial score (nSPS) is 11.6. The summed E-state index contributed by atoms with van der Waals surface area (Å²) in [5.74, 6) is -5.71. The number of alkyl halides is 2. The van der Waals surface area contributed by atoms with Crippen molar-refractivity contribution in [1.82, 2.24) is 29.9 Å². The predicted octanol–water partition coefficient (Wildman–Crippen LogP) is 4.89. The van der Waals surface area contributed by atoms with Crippen LogP contribution in [0.2, 0.25) is 0 Å². The van der Waals surface area contributed by atoms with Crippen LogP contribution in [0.5, 0.6) is 5.88 Å². The first-order valence-electron chi connectivity index (χ1n) is 10.6. The minimum absolute atomic E-state index is 0.0374. The maximum atomic E-state index is 14.4. The second-order valence-corrected chi connectivity index (χ2v) is 7.60. The molecule has 1 aromatic carbocycles. The molecular weight excluding hydrogens is 480 g/mol. The second-order valence-electron chi connectivity index (χ2n) is 7.60. The van der Waals surface area contributed by atoms with E-state index in [1.807, 2.05) is 0 Å². The number of pyridine rings is 1. The van der Waals surface area contributed by atoms with Gasteiger partial charge in [-0.25, -0.2) is 9.37 Å². The van der Waals surface area contributed by atoms with Gasteiger partial charge in [-0.1, -0.05) is 29.4 Å². The van der Waals surface area contributed by atoms with Crippen molar-refractivity contribution in [1.29, 1.82) is 0 Å². The maximum Gasteiger partial charge on any atom is 0.322 e. The van der Waals surface area contributed by atoms with E-state index in [0.717, 1.165) is 12.3 Å². The van der Waals surface area contributed by atoms with Crippen molar-refractivity contribution in [2.45, 2.75) is 12.5 Å². The molecule has 5 aromatic rings. The van der Waals surface area contributed by atoms with Gasteiger partial charge in [0.1, 0.15) is 29.2 Å². The van der Waals surface area contributed by atoms with Crippen LogP contribution in [0, 0.1) is 11.6 Å². The van der Waals surface area contributed by atoms with Crippen molar-refractivity contribution >= 4 is 0 Å². The summed E-state index contributed by atoms with van der Waals surface area (Å²) in [6.07, 6.45) is 3.37. The van der Waals surface area contributed by atoms with E-state index in [1.165, 1.54) is 41.4 Å². The van der Waals surface area contributed by atoms with Crippen LogP contribution in [0.1, 0.15) is 11.3 Å². The summed E-state index contributed by atoms with van der Waals surface area (Å²) < 4.78 is 68.8. The minimum Gasteiger partial charge on any atom is -0.469 e. The molecule has 4 heterocycles. The molecule has 8 nitrogen and oxygen atoms in total. The lowest BCUT2D eigenvalue weighted by atomic mass is 10.2. The monoisotopic (exact) mass is 496 g/mol. The van der Waals surface area contributed by atoms with Crippen molar-refractivity contribution < 1.29 is 26.8 Å². The molecule has 0 N–H and O–H groups in total. The zero-order valence-electron chi connectivity index (χ0n) is 18.4. The molecule has 0 spiro atoms. The molecule has 0 aliphatic rings. The zero-order valence-corrected chi connectivity index (χ0v) is 18.4. The van der Waals surface area contributed by atoms with Gasteiger partial charge in [0.25, 0.3) is 5.88 Å². The Morgan fingerprint density at radius 1 is 0.944 bits per heavy atom. The molecule has 0 fully saturated rings. The Kier molecular flexibility index (Phi) is 6.15. The first-order chi connectivity index (χ1) is 17.4.